The number of hydrogen-bond acceptors (Lipinski definition) is 5. The fourth-order valence-electron chi connectivity index (χ4n) is 0.876. The van der Waals surface area contributed by atoms with Crippen LogP contribution in [0.2, 0.25) is 0 Å². The van der Waals surface area contributed by atoms with E-state index >= 15 is 0 Å². The largest absolute Gasteiger partial charge is 0.366 e. The number of hydrogen-bond donors (Lipinski definition) is 1. The highest BCUT2D eigenvalue weighted by Gasteiger charge is 2.38. The van der Waals surface area contributed by atoms with Crippen LogP contribution in [0.25, 0.3) is 0 Å². The normalized spacial score (nSPS) is 17.2. The third kappa shape index (κ3) is 1.70. The Hall–Kier alpha value is -0.970. The maximum absolute atomic E-state index is 11.6. The average molecular weight is 205 g/mol. The number of rotatable bonds is 3. The third-order valence-electron chi connectivity index (χ3n) is 1.51. The molecule has 0 fully saturated rings. The molecule has 0 saturated heterocycles. The molecule has 0 unspecified atom stereocenters. The second kappa shape index (κ2) is 3.41. The minimum Gasteiger partial charge on any atom is -0.308 e. The molecule has 0 bridgehead atoms. The van der Waals surface area contributed by atoms with Gasteiger partial charge in [-0.05, 0) is 0 Å². The first-order valence-electron chi connectivity index (χ1n) is 3.32. The van der Waals surface area contributed by atoms with Gasteiger partial charge < -0.3 is 9.05 Å². The maximum Gasteiger partial charge on any atom is 0.366 e. The Morgan fingerprint density at radius 2 is 1.85 bits per heavy atom. The Morgan fingerprint density at radius 3 is 2.15 bits per heavy atom. The van der Waals surface area contributed by atoms with Gasteiger partial charge in [-0.25, -0.2) is 0 Å². The first-order valence-corrected chi connectivity index (χ1v) is 4.87. The molecule has 2 amide bonds. The molecule has 1 aliphatic rings. The van der Waals surface area contributed by atoms with Crippen LogP contribution in [-0.2, 0) is 23.2 Å². The fourth-order valence-corrected chi connectivity index (χ4v) is 2.00. The van der Waals surface area contributed by atoms with Crippen LogP contribution in [0, 0.1) is 0 Å². The van der Waals surface area contributed by atoms with E-state index in [0.717, 1.165) is 20.3 Å². The van der Waals surface area contributed by atoms with E-state index in [9.17, 15) is 14.2 Å². The number of nitrogens with one attached hydrogen (secondary N) is 1. The highest BCUT2D eigenvalue weighted by molar-refractivity contribution is 7.60. The van der Waals surface area contributed by atoms with Gasteiger partial charge in [0.05, 0.1) is 0 Å². The molecule has 1 rings (SSSR count). The Balaban J connectivity index is 3.07. The van der Waals surface area contributed by atoms with Crippen molar-refractivity contribution in [1.82, 2.24) is 5.32 Å². The van der Waals surface area contributed by atoms with E-state index in [1.807, 2.05) is 5.32 Å². The predicted molar refractivity (Wildman–Crippen MR) is 42.9 cm³/mol. The number of imide groups is 1. The molecule has 0 aromatic rings. The number of amides is 2. The molecule has 1 aliphatic heterocycles. The van der Waals surface area contributed by atoms with Crippen molar-refractivity contribution < 1.29 is 23.2 Å². The summed E-state index contributed by atoms with van der Waals surface area (Å²) >= 11 is 0. The van der Waals surface area contributed by atoms with Crippen LogP contribution >= 0.6 is 7.60 Å². The van der Waals surface area contributed by atoms with E-state index in [4.69, 9.17) is 0 Å². The molecular formula is C6H8NO5P. The summed E-state index contributed by atoms with van der Waals surface area (Å²) in [5, 5.41) is 1.68. The summed E-state index contributed by atoms with van der Waals surface area (Å²) in [6.45, 7) is 0. The monoisotopic (exact) mass is 205 g/mol. The smallest absolute Gasteiger partial charge is 0.308 e. The summed E-state index contributed by atoms with van der Waals surface area (Å²) in [4.78, 5) is 21.7. The molecule has 1 N–H and O–H groups in total. The number of carbonyl (C=O) groups is 2. The van der Waals surface area contributed by atoms with Crippen molar-refractivity contribution in [3.8, 4) is 0 Å². The zero-order valence-corrected chi connectivity index (χ0v) is 7.96. The minimum absolute atomic E-state index is 0.262. The van der Waals surface area contributed by atoms with E-state index in [2.05, 4.69) is 9.05 Å². The molecule has 0 spiro atoms. The van der Waals surface area contributed by atoms with Gasteiger partial charge in [-0.1, -0.05) is 0 Å². The molecular weight excluding hydrogens is 197 g/mol. The lowest BCUT2D eigenvalue weighted by atomic mass is 10.5. The van der Waals surface area contributed by atoms with Gasteiger partial charge in [-0.2, -0.15) is 0 Å². The Bertz CT molecular complexity index is 326. The summed E-state index contributed by atoms with van der Waals surface area (Å²) < 4.78 is 20.7. The zero-order chi connectivity index (χ0) is 10.1. The van der Waals surface area contributed by atoms with Crippen molar-refractivity contribution in [2.75, 3.05) is 14.2 Å². The highest BCUT2D eigenvalue weighted by atomic mass is 31.2. The first-order chi connectivity index (χ1) is 6.03. The first kappa shape index (κ1) is 10.1. The molecule has 0 aromatic carbocycles. The van der Waals surface area contributed by atoms with Gasteiger partial charge >= 0.3 is 7.60 Å². The van der Waals surface area contributed by atoms with E-state index in [-0.39, 0.29) is 5.31 Å². The van der Waals surface area contributed by atoms with E-state index in [0.29, 0.717) is 0 Å². The molecule has 0 atom stereocenters. The van der Waals surface area contributed by atoms with Crippen LogP contribution in [0.5, 0.6) is 0 Å². The quantitative estimate of drug-likeness (QED) is 0.518. The van der Waals surface area contributed by atoms with Gasteiger partial charge in [-0.15, -0.1) is 0 Å². The minimum atomic E-state index is -3.59. The lowest BCUT2D eigenvalue weighted by Crippen LogP contribution is -2.22. The van der Waals surface area contributed by atoms with Crippen molar-refractivity contribution in [1.29, 1.82) is 0 Å². The molecule has 0 radical (unpaired) electrons. The van der Waals surface area contributed by atoms with Gasteiger partial charge in [-0.3, -0.25) is 19.5 Å². The molecule has 13 heavy (non-hydrogen) atoms. The molecule has 6 nitrogen and oxygen atoms in total. The second-order valence-electron chi connectivity index (χ2n) is 2.21. The lowest BCUT2D eigenvalue weighted by molar-refractivity contribution is -0.123. The lowest BCUT2D eigenvalue weighted by Gasteiger charge is -2.11. The van der Waals surface area contributed by atoms with Gasteiger partial charge in [0.25, 0.3) is 11.8 Å². The Kier molecular flexibility index (Phi) is 2.66. The van der Waals surface area contributed by atoms with Crippen LogP contribution in [0.15, 0.2) is 11.4 Å². The Labute approximate surface area is 74.4 Å². The summed E-state index contributed by atoms with van der Waals surface area (Å²) in [6, 6.07) is 0. The third-order valence-corrected chi connectivity index (χ3v) is 3.40. The molecule has 1 heterocycles. The maximum atomic E-state index is 11.6. The van der Waals surface area contributed by atoms with Gasteiger partial charge in [0, 0.05) is 20.3 Å². The fraction of sp³-hybridized carbons (Fsp3) is 0.333. The predicted octanol–water partition coefficient (Wildman–Crippen LogP) is 0.0126. The Morgan fingerprint density at radius 1 is 1.31 bits per heavy atom. The van der Waals surface area contributed by atoms with E-state index in [1.165, 1.54) is 0 Å². The summed E-state index contributed by atoms with van der Waals surface area (Å²) in [7, 11) is -1.31. The van der Waals surface area contributed by atoms with E-state index in [1.54, 1.807) is 0 Å². The van der Waals surface area contributed by atoms with Crippen molar-refractivity contribution in [3.63, 3.8) is 0 Å². The van der Waals surface area contributed by atoms with Crippen molar-refractivity contribution in [2.45, 2.75) is 0 Å². The molecule has 0 aromatic heterocycles. The van der Waals surface area contributed by atoms with Crippen LogP contribution in [0.4, 0.5) is 0 Å². The molecule has 72 valence electrons. The van der Waals surface area contributed by atoms with Gasteiger partial charge in [0.2, 0.25) is 0 Å². The highest BCUT2D eigenvalue weighted by Crippen LogP contribution is 2.55. The molecule has 0 aliphatic carbocycles. The van der Waals surface area contributed by atoms with Crippen LogP contribution in [0.1, 0.15) is 0 Å². The zero-order valence-electron chi connectivity index (χ0n) is 7.07. The molecule has 7 heteroatoms. The summed E-state index contributed by atoms with van der Waals surface area (Å²) in [6.07, 6.45) is 0.913. The van der Waals surface area contributed by atoms with Crippen molar-refractivity contribution in [2.24, 2.45) is 0 Å². The SMILES string of the molecule is COP(=O)(OC)C1=CC(=O)NC1=O. The van der Waals surface area contributed by atoms with Crippen LogP contribution in [0.3, 0.4) is 0 Å². The topological polar surface area (TPSA) is 81.7 Å². The molecule has 0 saturated carbocycles. The van der Waals surface area contributed by atoms with Gasteiger partial charge in [0.1, 0.15) is 5.31 Å². The van der Waals surface area contributed by atoms with Crippen molar-refractivity contribution in [3.05, 3.63) is 11.4 Å². The van der Waals surface area contributed by atoms with Crippen molar-refractivity contribution >= 4 is 19.4 Å². The van der Waals surface area contributed by atoms with Crippen LogP contribution < -0.4 is 5.32 Å². The standard InChI is InChI=1S/C6H8NO5P/c1-11-13(10,12-2)4-3-5(8)7-6(4)9/h3H,1-2H3,(H,7,8,9). The summed E-state index contributed by atoms with van der Waals surface area (Å²) in [5.74, 6) is -1.36. The summed E-state index contributed by atoms with van der Waals surface area (Å²) in [5.41, 5.74) is 0. The number of carbonyl (C=O) groups excluding carboxylic acids is 2. The second-order valence-corrected chi connectivity index (χ2v) is 4.42. The average Bonchev–Trinajstić information content (AvgIpc) is 2.44. The van der Waals surface area contributed by atoms with Gasteiger partial charge in [0.15, 0.2) is 0 Å². The van der Waals surface area contributed by atoms with E-state index < -0.39 is 19.4 Å². The van der Waals surface area contributed by atoms with Crippen LogP contribution in [-0.4, -0.2) is 26.0 Å².